The highest BCUT2D eigenvalue weighted by Gasteiger charge is 2.39. The van der Waals surface area contributed by atoms with Crippen molar-refractivity contribution in [1.82, 2.24) is 0 Å². The summed E-state index contributed by atoms with van der Waals surface area (Å²) in [6.07, 6.45) is 0. The van der Waals surface area contributed by atoms with Crippen molar-refractivity contribution in [3.63, 3.8) is 0 Å². The van der Waals surface area contributed by atoms with Gasteiger partial charge in [-0.1, -0.05) is 48.5 Å². The van der Waals surface area contributed by atoms with Crippen molar-refractivity contribution >= 4 is 22.9 Å². The van der Waals surface area contributed by atoms with E-state index in [1.807, 2.05) is 48.5 Å². The maximum atomic E-state index is 12.8. The predicted octanol–water partition coefficient (Wildman–Crippen LogP) is 4.00. The minimum absolute atomic E-state index is 0.0808. The maximum Gasteiger partial charge on any atom is 0.212 e. The molecular formula is C19H18N2O. The smallest absolute Gasteiger partial charge is 0.212 e. The molecule has 1 aliphatic rings. The first kappa shape index (κ1) is 14.4. The fraction of sp³-hybridized carbons (Fsp3) is 0.211. The molecule has 0 saturated heterocycles. The summed E-state index contributed by atoms with van der Waals surface area (Å²) in [5.74, 6) is -0.0808. The lowest BCUT2D eigenvalue weighted by Crippen LogP contribution is -2.36. The fourth-order valence-electron chi connectivity index (χ4n) is 2.88. The summed E-state index contributed by atoms with van der Waals surface area (Å²) in [7, 11) is 1.65. The molecule has 0 amide bonds. The van der Waals surface area contributed by atoms with Crippen molar-refractivity contribution in [1.29, 1.82) is 0 Å². The van der Waals surface area contributed by atoms with E-state index in [0.717, 1.165) is 17.0 Å². The van der Waals surface area contributed by atoms with Crippen molar-refractivity contribution in [2.45, 2.75) is 19.3 Å². The number of carbonyl (C=O) groups excluding carboxylic acids is 1. The van der Waals surface area contributed by atoms with E-state index < -0.39 is 0 Å². The average molecular weight is 290 g/mol. The Labute approximate surface area is 130 Å². The summed E-state index contributed by atoms with van der Waals surface area (Å²) in [6, 6.07) is 17.2. The number of fused-ring (bicyclic) bond motifs is 1. The van der Waals surface area contributed by atoms with Crippen LogP contribution in [0, 0.1) is 0 Å². The molecule has 0 saturated carbocycles. The molecule has 1 aliphatic heterocycles. The zero-order valence-corrected chi connectivity index (χ0v) is 13.0. The second-order valence-corrected chi connectivity index (χ2v) is 5.87. The van der Waals surface area contributed by atoms with Crippen LogP contribution in [0.4, 0.5) is 5.69 Å². The first-order valence-corrected chi connectivity index (χ1v) is 7.31. The zero-order valence-electron chi connectivity index (χ0n) is 13.0. The van der Waals surface area contributed by atoms with E-state index in [1.54, 1.807) is 7.05 Å². The van der Waals surface area contributed by atoms with E-state index in [2.05, 4.69) is 29.9 Å². The van der Waals surface area contributed by atoms with Gasteiger partial charge < -0.3 is 0 Å². The first-order chi connectivity index (χ1) is 10.6. The van der Waals surface area contributed by atoms with Gasteiger partial charge in [0.2, 0.25) is 5.78 Å². The van der Waals surface area contributed by atoms with Crippen LogP contribution in [0.15, 0.2) is 64.6 Å². The topological polar surface area (TPSA) is 41.8 Å². The van der Waals surface area contributed by atoms with E-state index in [4.69, 9.17) is 0 Å². The molecular weight excluding hydrogens is 272 g/mol. The van der Waals surface area contributed by atoms with Gasteiger partial charge in [-0.05, 0) is 25.5 Å². The van der Waals surface area contributed by atoms with Crippen LogP contribution in [0.5, 0.6) is 0 Å². The molecule has 110 valence electrons. The lowest BCUT2D eigenvalue weighted by Gasteiger charge is -2.22. The van der Waals surface area contributed by atoms with Crippen LogP contribution in [0.25, 0.3) is 0 Å². The first-order valence-electron chi connectivity index (χ1n) is 7.31. The van der Waals surface area contributed by atoms with Crippen molar-refractivity contribution < 1.29 is 4.79 Å². The highest BCUT2D eigenvalue weighted by atomic mass is 16.1. The Morgan fingerprint density at radius 3 is 2.27 bits per heavy atom. The number of ketones is 1. The molecule has 0 radical (unpaired) electrons. The Kier molecular flexibility index (Phi) is 3.49. The number of hydrogen-bond acceptors (Lipinski definition) is 3. The van der Waals surface area contributed by atoms with Gasteiger partial charge in [0.25, 0.3) is 0 Å². The highest BCUT2D eigenvalue weighted by Crippen LogP contribution is 2.40. The Morgan fingerprint density at radius 1 is 1.00 bits per heavy atom. The normalized spacial score (nSPS) is 16.1. The van der Waals surface area contributed by atoms with Gasteiger partial charge in [-0.25, -0.2) is 4.99 Å². The molecule has 2 aromatic rings. The van der Waals surface area contributed by atoms with Crippen LogP contribution in [0.2, 0.25) is 0 Å². The van der Waals surface area contributed by atoms with Gasteiger partial charge in [0.05, 0.1) is 11.4 Å². The minimum Gasteiger partial charge on any atom is -0.287 e. The summed E-state index contributed by atoms with van der Waals surface area (Å²) in [4.78, 5) is 21.7. The highest BCUT2D eigenvalue weighted by molar-refractivity contribution is 6.72. The van der Waals surface area contributed by atoms with Crippen LogP contribution in [-0.2, 0) is 5.41 Å². The molecule has 0 aromatic heterocycles. The number of para-hydroxylation sites is 1. The van der Waals surface area contributed by atoms with E-state index >= 15 is 0 Å². The second kappa shape index (κ2) is 5.34. The third-order valence-corrected chi connectivity index (χ3v) is 4.10. The van der Waals surface area contributed by atoms with E-state index in [0.29, 0.717) is 11.3 Å². The third kappa shape index (κ3) is 2.19. The molecule has 0 spiro atoms. The zero-order chi connectivity index (χ0) is 15.7. The Balaban J connectivity index is 2.06. The lowest BCUT2D eigenvalue weighted by atomic mass is 9.78. The molecule has 2 aromatic carbocycles. The summed E-state index contributed by atoms with van der Waals surface area (Å²) in [5, 5.41) is 0. The number of benzene rings is 2. The molecule has 0 aliphatic carbocycles. The Morgan fingerprint density at radius 2 is 1.64 bits per heavy atom. The van der Waals surface area contributed by atoms with E-state index in [1.165, 1.54) is 0 Å². The van der Waals surface area contributed by atoms with Gasteiger partial charge in [-0.2, -0.15) is 0 Å². The maximum absolute atomic E-state index is 12.8. The predicted molar refractivity (Wildman–Crippen MR) is 90.7 cm³/mol. The number of nitrogens with zero attached hydrogens (tertiary/aromatic N) is 2. The molecule has 3 nitrogen and oxygen atoms in total. The lowest BCUT2D eigenvalue weighted by molar-refractivity contribution is 0.106. The molecule has 0 atom stereocenters. The Hall–Kier alpha value is -2.55. The number of aliphatic imine (C=N–C) groups is 2. The van der Waals surface area contributed by atoms with Crippen LogP contribution in [0.1, 0.15) is 29.8 Å². The van der Waals surface area contributed by atoms with E-state index in [9.17, 15) is 4.79 Å². The molecule has 1 heterocycles. The number of Topliss-reactive ketones (excluding diaryl/α,β-unsaturated/α-hetero) is 1. The molecule has 3 rings (SSSR count). The van der Waals surface area contributed by atoms with Gasteiger partial charge in [0, 0.05) is 18.0 Å². The number of carbonyl (C=O) groups is 1. The molecule has 3 heteroatoms. The summed E-state index contributed by atoms with van der Waals surface area (Å²) < 4.78 is 0. The van der Waals surface area contributed by atoms with Crippen molar-refractivity contribution in [3.05, 3.63) is 65.7 Å². The van der Waals surface area contributed by atoms with Gasteiger partial charge in [0.15, 0.2) is 0 Å². The van der Waals surface area contributed by atoms with Crippen molar-refractivity contribution in [2.75, 3.05) is 7.05 Å². The van der Waals surface area contributed by atoms with Gasteiger partial charge in [-0.3, -0.25) is 9.79 Å². The monoisotopic (exact) mass is 290 g/mol. The second-order valence-electron chi connectivity index (χ2n) is 5.87. The molecule has 22 heavy (non-hydrogen) atoms. The van der Waals surface area contributed by atoms with Crippen LogP contribution in [-0.4, -0.2) is 24.3 Å². The van der Waals surface area contributed by atoms with Crippen LogP contribution >= 0.6 is 0 Å². The van der Waals surface area contributed by atoms with Crippen LogP contribution in [0.3, 0.4) is 0 Å². The number of rotatable bonds is 3. The van der Waals surface area contributed by atoms with Crippen molar-refractivity contribution in [3.8, 4) is 0 Å². The Bertz CT molecular complexity index is 786. The summed E-state index contributed by atoms with van der Waals surface area (Å²) in [5.41, 5.74) is 3.54. The third-order valence-electron chi connectivity index (χ3n) is 4.10. The SMILES string of the molecule is CN=C(C(=O)c1ccccc1)C1=Nc2ccccc2C1(C)C. The van der Waals surface area contributed by atoms with Gasteiger partial charge in [0.1, 0.15) is 5.71 Å². The molecule has 0 unspecified atom stereocenters. The molecule has 0 N–H and O–H groups in total. The molecule has 0 fully saturated rings. The minimum atomic E-state index is -0.324. The van der Waals surface area contributed by atoms with Gasteiger partial charge >= 0.3 is 0 Å². The average Bonchev–Trinajstić information content (AvgIpc) is 2.81. The van der Waals surface area contributed by atoms with Gasteiger partial charge in [-0.15, -0.1) is 0 Å². The largest absolute Gasteiger partial charge is 0.287 e. The quantitative estimate of drug-likeness (QED) is 0.622. The number of hydrogen-bond donors (Lipinski definition) is 0. The summed E-state index contributed by atoms with van der Waals surface area (Å²) in [6.45, 7) is 4.17. The summed E-state index contributed by atoms with van der Waals surface area (Å²) >= 11 is 0. The van der Waals surface area contributed by atoms with Crippen molar-refractivity contribution in [2.24, 2.45) is 9.98 Å². The van der Waals surface area contributed by atoms with Crippen LogP contribution < -0.4 is 0 Å². The van der Waals surface area contributed by atoms with E-state index in [-0.39, 0.29) is 11.2 Å². The standard InChI is InChI=1S/C19H18N2O/c1-19(2)14-11-7-8-12-15(14)21-18(19)16(20-3)17(22)13-9-5-4-6-10-13/h4-12H,1-3H3. The molecule has 0 bridgehead atoms. The fourth-order valence-corrected chi connectivity index (χ4v) is 2.88.